The minimum Gasteiger partial charge on any atom is -0.442 e. The summed E-state index contributed by atoms with van der Waals surface area (Å²) in [6, 6.07) is 4.01. The molecule has 134 valence electrons. The van der Waals surface area contributed by atoms with E-state index in [2.05, 4.69) is 5.32 Å². The number of ether oxygens (including phenoxy) is 1. The smallest absolute Gasteiger partial charge is 0.414 e. The van der Waals surface area contributed by atoms with Crippen molar-refractivity contribution in [1.82, 2.24) is 10.2 Å². The molecule has 8 nitrogen and oxygen atoms in total. The summed E-state index contributed by atoms with van der Waals surface area (Å²) in [6.07, 6.45) is -1.09. The zero-order chi connectivity index (χ0) is 18.1. The number of hydrogen-bond acceptors (Lipinski definition) is 4. The molecule has 25 heavy (non-hydrogen) atoms. The monoisotopic (exact) mass is 350 g/mol. The third kappa shape index (κ3) is 3.35. The average molecular weight is 350 g/mol. The van der Waals surface area contributed by atoms with Crippen LogP contribution in [0.3, 0.4) is 0 Å². The summed E-state index contributed by atoms with van der Waals surface area (Å²) in [5, 5.41) is 2.58. The van der Waals surface area contributed by atoms with E-state index in [1.807, 2.05) is 0 Å². The molecule has 2 saturated heterocycles. The minimum atomic E-state index is -0.598. The Kier molecular flexibility index (Phi) is 4.47. The van der Waals surface area contributed by atoms with Gasteiger partial charge in [0, 0.05) is 27.1 Å². The maximum absolute atomic E-state index is 14.5. The number of anilines is 2. The second-order valence-corrected chi connectivity index (χ2v) is 6.04. The number of nitrogens with one attached hydrogen (secondary N) is 1. The number of carbonyl (C=O) groups is 3. The maximum Gasteiger partial charge on any atom is 0.414 e. The predicted molar refractivity (Wildman–Crippen MR) is 88.1 cm³/mol. The van der Waals surface area contributed by atoms with Crippen LogP contribution in [0.1, 0.15) is 6.92 Å². The van der Waals surface area contributed by atoms with Gasteiger partial charge in [0.15, 0.2) is 0 Å². The van der Waals surface area contributed by atoms with Crippen LogP contribution < -0.4 is 15.1 Å². The van der Waals surface area contributed by atoms with Crippen LogP contribution in [0.4, 0.5) is 25.4 Å². The number of nitrogens with zero attached hydrogens (tertiary/aromatic N) is 3. The van der Waals surface area contributed by atoms with E-state index in [4.69, 9.17) is 4.74 Å². The van der Waals surface area contributed by atoms with E-state index in [0.717, 1.165) is 0 Å². The van der Waals surface area contributed by atoms with Gasteiger partial charge < -0.3 is 15.0 Å². The fourth-order valence-electron chi connectivity index (χ4n) is 2.85. The Morgan fingerprint density at radius 1 is 1.32 bits per heavy atom. The van der Waals surface area contributed by atoms with Crippen LogP contribution in [0.2, 0.25) is 0 Å². The number of likely N-dealkylation sites (N-methyl/N-ethyl adjacent to an activating group) is 1. The predicted octanol–water partition coefficient (Wildman–Crippen LogP) is 1.16. The first-order valence-electron chi connectivity index (χ1n) is 7.91. The lowest BCUT2D eigenvalue weighted by molar-refractivity contribution is -0.119. The Morgan fingerprint density at radius 3 is 2.68 bits per heavy atom. The number of amides is 4. The lowest BCUT2D eigenvalue weighted by Gasteiger charge is -2.19. The molecule has 2 fully saturated rings. The third-order valence-corrected chi connectivity index (χ3v) is 4.20. The number of cyclic esters (lactones) is 1. The summed E-state index contributed by atoms with van der Waals surface area (Å²) < 4.78 is 19.6. The Bertz CT molecular complexity index is 726. The van der Waals surface area contributed by atoms with Gasteiger partial charge in [0.25, 0.3) is 0 Å². The molecule has 2 aliphatic rings. The van der Waals surface area contributed by atoms with Gasteiger partial charge in [0.2, 0.25) is 5.91 Å². The van der Waals surface area contributed by atoms with Gasteiger partial charge in [0.1, 0.15) is 11.9 Å². The Hall–Kier alpha value is -2.84. The molecule has 0 aromatic heterocycles. The molecule has 1 aromatic rings. The molecule has 1 N–H and O–H groups in total. The lowest BCUT2D eigenvalue weighted by Crippen LogP contribution is -2.33. The minimum absolute atomic E-state index is 0.181. The molecule has 1 atom stereocenters. The van der Waals surface area contributed by atoms with E-state index in [-0.39, 0.29) is 30.7 Å². The molecule has 0 saturated carbocycles. The van der Waals surface area contributed by atoms with Gasteiger partial charge in [-0.05, 0) is 18.2 Å². The van der Waals surface area contributed by atoms with Crippen LogP contribution >= 0.6 is 0 Å². The summed E-state index contributed by atoms with van der Waals surface area (Å²) in [4.78, 5) is 39.1. The average Bonchev–Trinajstić information content (AvgIpc) is 3.09. The number of hydrogen-bond donors (Lipinski definition) is 1. The van der Waals surface area contributed by atoms with Crippen LogP contribution in [-0.4, -0.2) is 62.3 Å². The molecule has 9 heteroatoms. The summed E-state index contributed by atoms with van der Waals surface area (Å²) >= 11 is 0. The summed E-state index contributed by atoms with van der Waals surface area (Å²) in [6.45, 7) is 2.73. The Balaban J connectivity index is 1.73. The quantitative estimate of drug-likeness (QED) is 0.883. The molecule has 0 unspecified atom stereocenters. The second-order valence-electron chi connectivity index (χ2n) is 6.04. The van der Waals surface area contributed by atoms with Crippen molar-refractivity contribution in [2.45, 2.75) is 13.0 Å². The van der Waals surface area contributed by atoms with Crippen molar-refractivity contribution in [3.63, 3.8) is 0 Å². The maximum atomic E-state index is 14.5. The van der Waals surface area contributed by atoms with E-state index >= 15 is 0 Å². The molecule has 2 heterocycles. The standard InChI is InChI=1S/C16H19FN4O4/c1-10(22)18-8-12-9-21(16(24)25-12)11-3-4-14(13(17)7-11)20-6-5-19(2)15(20)23/h3-4,7,12H,5-6,8-9H2,1-2H3,(H,18,22)/t12-/m0/s1. The van der Waals surface area contributed by atoms with Crippen LogP contribution in [0.5, 0.6) is 0 Å². The highest BCUT2D eigenvalue weighted by molar-refractivity contribution is 5.95. The number of rotatable bonds is 4. The van der Waals surface area contributed by atoms with Gasteiger partial charge in [-0.15, -0.1) is 0 Å². The highest BCUT2D eigenvalue weighted by Crippen LogP contribution is 2.29. The lowest BCUT2D eigenvalue weighted by atomic mass is 10.2. The first-order chi connectivity index (χ1) is 11.9. The number of halogens is 1. The highest BCUT2D eigenvalue weighted by Gasteiger charge is 2.34. The molecule has 0 radical (unpaired) electrons. The molecule has 4 amide bonds. The van der Waals surface area contributed by atoms with Crippen molar-refractivity contribution in [2.75, 3.05) is 43.0 Å². The van der Waals surface area contributed by atoms with E-state index < -0.39 is 18.0 Å². The van der Waals surface area contributed by atoms with E-state index in [9.17, 15) is 18.8 Å². The van der Waals surface area contributed by atoms with Crippen molar-refractivity contribution in [1.29, 1.82) is 0 Å². The first-order valence-corrected chi connectivity index (χ1v) is 7.91. The molecule has 1 aromatic carbocycles. The normalized spacial score (nSPS) is 20.3. The van der Waals surface area contributed by atoms with Crippen molar-refractivity contribution in [3.05, 3.63) is 24.0 Å². The molecule has 0 spiro atoms. The van der Waals surface area contributed by atoms with Crippen LogP contribution in [-0.2, 0) is 9.53 Å². The zero-order valence-electron chi connectivity index (χ0n) is 14.0. The van der Waals surface area contributed by atoms with Gasteiger partial charge in [-0.2, -0.15) is 0 Å². The molecule has 0 aliphatic carbocycles. The fourth-order valence-corrected chi connectivity index (χ4v) is 2.85. The largest absolute Gasteiger partial charge is 0.442 e. The van der Waals surface area contributed by atoms with Gasteiger partial charge in [0.05, 0.1) is 24.5 Å². The number of benzene rings is 1. The Morgan fingerprint density at radius 2 is 2.08 bits per heavy atom. The van der Waals surface area contributed by atoms with E-state index in [0.29, 0.717) is 18.8 Å². The zero-order valence-corrected chi connectivity index (χ0v) is 14.0. The van der Waals surface area contributed by atoms with Crippen molar-refractivity contribution in [3.8, 4) is 0 Å². The van der Waals surface area contributed by atoms with E-state index in [1.54, 1.807) is 13.1 Å². The van der Waals surface area contributed by atoms with Gasteiger partial charge >= 0.3 is 12.1 Å². The van der Waals surface area contributed by atoms with Crippen molar-refractivity contribution in [2.24, 2.45) is 0 Å². The van der Waals surface area contributed by atoms with Gasteiger partial charge in [-0.25, -0.2) is 14.0 Å². The Labute approximate surface area is 144 Å². The van der Waals surface area contributed by atoms with Gasteiger partial charge in [-0.1, -0.05) is 0 Å². The summed E-state index contributed by atoms with van der Waals surface area (Å²) in [7, 11) is 1.66. The topological polar surface area (TPSA) is 82.2 Å². The molecular weight excluding hydrogens is 331 g/mol. The molecule has 3 rings (SSSR count). The first kappa shape index (κ1) is 17.0. The summed E-state index contributed by atoms with van der Waals surface area (Å²) in [5.74, 6) is -0.801. The fraction of sp³-hybridized carbons (Fsp3) is 0.438. The van der Waals surface area contributed by atoms with Gasteiger partial charge in [-0.3, -0.25) is 14.6 Å². The molecule has 2 aliphatic heterocycles. The van der Waals surface area contributed by atoms with Crippen LogP contribution in [0.15, 0.2) is 18.2 Å². The molecule has 0 bridgehead atoms. The van der Waals surface area contributed by atoms with Crippen LogP contribution in [0.25, 0.3) is 0 Å². The second kappa shape index (κ2) is 6.58. The number of carbonyl (C=O) groups excluding carboxylic acids is 3. The van der Waals surface area contributed by atoms with Crippen molar-refractivity contribution < 1.29 is 23.5 Å². The van der Waals surface area contributed by atoms with Crippen LogP contribution in [0, 0.1) is 5.82 Å². The SMILES string of the molecule is CC(=O)NC[C@H]1CN(c2ccc(N3CCN(C)C3=O)c(F)c2)C(=O)O1. The van der Waals surface area contributed by atoms with Crippen molar-refractivity contribution >= 4 is 29.4 Å². The van der Waals surface area contributed by atoms with E-state index in [1.165, 1.54) is 33.8 Å². The number of urea groups is 1. The highest BCUT2D eigenvalue weighted by atomic mass is 19.1. The third-order valence-electron chi connectivity index (χ3n) is 4.20. The molecular formula is C16H19FN4O4. The summed E-state index contributed by atoms with van der Waals surface area (Å²) in [5.41, 5.74) is 0.525.